The van der Waals surface area contributed by atoms with Crippen LogP contribution in [-0.2, 0) is 0 Å². The Labute approximate surface area is 83.9 Å². The lowest BCUT2D eigenvalue weighted by Gasteiger charge is -2.11. The van der Waals surface area contributed by atoms with Crippen molar-refractivity contribution in [2.75, 3.05) is 0 Å². The van der Waals surface area contributed by atoms with Crippen molar-refractivity contribution in [3.05, 3.63) is 39.4 Å². The van der Waals surface area contributed by atoms with E-state index in [-0.39, 0.29) is 10.6 Å². The van der Waals surface area contributed by atoms with Gasteiger partial charge >= 0.3 is 0 Å². The first-order valence-corrected chi connectivity index (χ1v) is 4.81. The van der Waals surface area contributed by atoms with Crippen molar-refractivity contribution in [1.82, 2.24) is 0 Å². The van der Waals surface area contributed by atoms with Crippen LogP contribution in [0.2, 0.25) is 0 Å². The van der Waals surface area contributed by atoms with Crippen LogP contribution in [0.15, 0.2) is 18.2 Å². The van der Waals surface area contributed by atoms with Gasteiger partial charge in [-0.3, -0.25) is 10.1 Å². The molecule has 0 saturated carbocycles. The van der Waals surface area contributed by atoms with Gasteiger partial charge in [-0.15, -0.1) is 0 Å². The molecule has 0 amide bonds. The third-order valence-electron chi connectivity index (χ3n) is 2.61. The first-order chi connectivity index (χ1) is 6.56. The molecule has 1 rings (SSSR count). The predicted molar refractivity (Wildman–Crippen MR) is 56.5 cm³/mol. The molecule has 0 aliphatic heterocycles. The lowest BCUT2D eigenvalue weighted by atomic mass is 9.94. The highest BCUT2D eigenvalue weighted by Gasteiger charge is 2.11. The van der Waals surface area contributed by atoms with Crippen molar-refractivity contribution in [3.63, 3.8) is 0 Å². The van der Waals surface area contributed by atoms with E-state index in [1.54, 1.807) is 12.1 Å². The van der Waals surface area contributed by atoms with Crippen LogP contribution in [0, 0.1) is 17.0 Å². The summed E-state index contributed by atoms with van der Waals surface area (Å²) in [4.78, 5) is 10.2. The Balaban J connectivity index is 3.07. The highest BCUT2D eigenvalue weighted by atomic mass is 16.6. The molecular weight excluding hydrogens is 178 g/mol. The largest absolute Gasteiger partial charge is 0.269 e. The second kappa shape index (κ2) is 4.22. The average molecular weight is 193 g/mol. The third kappa shape index (κ3) is 2.10. The summed E-state index contributed by atoms with van der Waals surface area (Å²) in [7, 11) is 0. The van der Waals surface area contributed by atoms with Crippen LogP contribution in [0.25, 0.3) is 0 Å². The lowest BCUT2D eigenvalue weighted by Crippen LogP contribution is -1.96. The van der Waals surface area contributed by atoms with Crippen molar-refractivity contribution in [2.24, 2.45) is 0 Å². The Hall–Kier alpha value is -1.38. The van der Waals surface area contributed by atoms with E-state index in [1.165, 1.54) is 5.56 Å². The van der Waals surface area contributed by atoms with E-state index >= 15 is 0 Å². The lowest BCUT2D eigenvalue weighted by molar-refractivity contribution is -0.384. The monoisotopic (exact) mass is 193 g/mol. The van der Waals surface area contributed by atoms with E-state index in [0.29, 0.717) is 5.92 Å². The van der Waals surface area contributed by atoms with Crippen molar-refractivity contribution in [1.29, 1.82) is 0 Å². The van der Waals surface area contributed by atoms with Gasteiger partial charge < -0.3 is 0 Å². The number of benzene rings is 1. The van der Waals surface area contributed by atoms with Crippen LogP contribution in [0.4, 0.5) is 5.69 Å². The first kappa shape index (κ1) is 10.7. The Morgan fingerprint density at radius 1 is 1.50 bits per heavy atom. The highest BCUT2D eigenvalue weighted by Crippen LogP contribution is 2.25. The van der Waals surface area contributed by atoms with Gasteiger partial charge in [0.25, 0.3) is 5.69 Å². The summed E-state index contributed by atoms with van der Waals surface area (Å²) in [5.74, 6) is 0.468. The van der Waals surface area contributed by atoms with Gasteiger partial charge in [0.2, 0.25) is 0 Å². The summed E-state index contributed by atoms with van der Waals surface area (Å²) >= 11 is 0. The minimum absolute atomic E-state index is 0.176. The summed E-state index contributed by atoms with van der Waals surface area (Å²) in [6, 6.07) is 5.08. The molecule has 14 heavy (non-hydrogen) atoms. The number of aryl methyl sites for hydroxylation is 1. The molecule has 0 fully saturated rings. The van der Waals surface area contributed by atoms with Gasteiger partial charge in [-0.1, -0.05) is 19.9 Å². The van der Waals surface area contributed by atoms with E-state index in [4.69, 9.17) is 0 Å². The van der Waals surface area contributed by atoms with Gasteiger partial charge in [0.05, 0.1) is 4.92 Å². The molecule has 0 radical (unpaired) electrons. The Morgan fingerprint density at radius 3 is 2.57 bits per heavy atom. The SMILES string of the molecule is CCC(C)c1ccc([N+](=O)[O-])cc1C. The molecule has 0 spiro atoms. The maximum atomic E-state index is 10.5. The molecule has 3 nitrogen and oxygen atoms in total. The predicted octanol–water partition coefficient (Wildman–Crippen LogP) is 3.42. The fraction of sp³-hybridized carbons (Fsp3) is 0.455. The first-order valence-electron chi connectivity index (χ1n) is 4.81. The van der Waals surface area contributed by atoms with Crippen LogP contribution in [0.5, 0.6) is 0 Å². The summed E-state index contributed by atoms with van der Waals surface area (Å²) in [5, 5.41) is 10.5. The van der Waals surface area contributed by atoms with Gasteiger partial charge in [-0.2, -0.15) is 0 Å². The highest BCUT2D eigenvalue weighted by molar-refractivity contribution is 5.40. The molecule has 0 aliphatic rings. The van der Waals surface area contributed by atoms with Crippen LogP contribution in [-0.4, -0.2) is 4.92 Å². The zero-order valence-corrected chi connectivity index (χ0v) is 8.78. The van der Waals surface area contributed by atoms with Crippen molar-refractivity contribution >= 4 is 5.69 Å². The second-order valence-electron chi connectivity index (χ2n) is 3.61. The van der Waals surface area contributed by atoms with Crippen LogP contribution >= 0.6 is 0 Å². The van der Waals surface area contributed by atoms with E-state index in [1.807, 2.05) is 13.0 Å². The van der Waals surface area contributed by atoms with Gasteiger partial charge in [-0.05, 0) is 30.4 Å². The second-order valence-corrected chi connectivity index (χ2v) is 3.61. The van der Waals surface area contributed by atoms with Gasteiger partial charge in [0.1, 0.15) is 0 Å². The maximum Gasteiger partial charge on any atom is 0.269 e. The number of nitro groups is 1. The van der Waals surface area contributed by atoms with Gasteiger partial charge in [-0.25, -0.2) is 0 Å². The number of rotatable bonds is 3. The van der Waals surface area contributed by atoms with E-state index < -0.39 is 0 Å². The molecule has 0 saturated heterocycles. The van der Waals surface area contributed by atoms with E-state index in [0.717, 1.165) is 12.0 Å². The molecule has 76 valence electrons. The Bertz CT molecular complexity index is 347. The number of hydrogen-bond donors (Lipinski definition) is 0. The molecule has 1 unspecified atom stereocenters. The number of hydrogen-bond acceptors (Lipinski definition) is 2. The quantitative estimate of drug-likeness (QED) is 0.545. The molecule has 0 bridgehead atoms. The summed E-state index contributed by atoms with van der Waals surface area (Å²) in [6.07, 6.45) is 1.05. The van der Waals surface area contributed by atoms with Crippen molar-refractivity contribution in [2.45, 2.75) is 33.1 Å². The molecule has 0 aromatic heterocycles. The standard InChI is InChI=1S/C11H15NO2/c1-4-8(2)11-6-5-10(12(13)14)7-9(11)3/h5-8H,4H2,1-3H3. The van der Waals surface area contributed by atoms with Crippen molar-refractivity contribution in [3.8, 4) is 0 Å². The molecule has 0 aliphatic carbocycles. The molecule has 1 aromatic rings. The smallest absolute Gasteiger partial charge is 0.258 e. The van der Waals surface area contributed by atoms with E-state index in [9.17, 15) is 10.1 Å². The van der Waals surface area contributed by atoms with Crippen LogP contribution in [0.1, 0.15) is 37.3 Å². The topological polar surface area (TPSA) is 43.1 Å². The molecule has 0 N–H and O–H groups in total. The fourth-order valence-corrected chi connectivity index (χ4v) is 1.55. The average Bonchev–Trinajstić information content (AvgIpc) is 2.16. The third-order valence-corrected chi connectivity index (χ3v) is 2.61. The zero-order valence-electron chi connectivity index (χ0n) is 8.78. The maximum absolute atomic E-state index is 10.5. The molecule has 1 aromatic carbocycles. The van der Waals surface area contributed by atoms with Gasteiger partial charge in [0, 0.05) is 12.1 Å². The Morgan fingerprint density at radius 2 is 2.14 bits per heavy atom. The minimum Gasteiger partial charge on any atom is -0.258 e. The summed E-state index contributed by atoms with van der Waals surface area (Å²) < 4.78 is 0. The van der Waals surface area contributed by atoms with Crippen LogP contribution in [0.3, 0.4) is 0 Å². The molecular formula is C11H15NO2. The fourth-order valence-electron chi connectivity index (χ4n) is 1.55. The summed E-state index contributed by atoms with van der Waals surface area (Å²) in [6.45, 7) is 6.17. The van der Waals surface area contributed by atoms with E-state index in [2.05, 4.69) is 13.8 Å². The summed E-state index contributed by atoms with van der Waals surface area (Å²) in [5.41, 5.74) is 2.39. The van der Waals surface area contributed by atoms with Crippen LogP contribution < -0.4 is 0 Å². The Kier molecular flexibility index (Phi) is 3.23. The molecule has 1 atom stereocenters. The van der Waals surface area contributed by atoms with Gasteiger partial charge in [0.15, 0.2) is 0 Å². The number of nitro benzene ring substituents is 1. The molecule has 0 heterocycles. The zero-order chi connectivity index (χ0) is 10.7. The minimum atomic E-state index is -0.354. The number of nitrogens with zero attached hydrogens (tertiary/aromatic N) is 1. The molecule has 3 heteroatoms. The normalized spacial score (nSPS) is 12.5. The number of non-ortho nitro benzene ring substituents is 1. The van der Waals surface area contributed by atoms with Crippen molar-refractivity contribution < 1.29 is 4.92 Å².